The van der Waals surface area contributed by atoms with Gasteiger partial charge in [-0.15, -0.1) is 0 Å². The van der Waals surface area contributed by atoms with E-state index < -0.39 is 0 Å². The second-order valence-corrected chi connectivity index (χ2v) is 7.76. The lowest BCUT2D eigenvalue weighted by Gasteiger charge is -2.03. The summed E-state index contributed by atoms with van der Waals surface area (Å²) in [4.78, 5) is 7.68. The van der Waals surface area contributed by atoms with Crippen molar-refractivity contribution in [1.82, 2.24) is 19.6 Å². The second-order valence-electron chi connectivity index (χ2n) is 7.76. The highest BCUT2D eigenvalue weighted by molar-refractivity contribution is 5.95. The van der Waals surface area contributed by atoms with Gasteiger partial charge < -0.3 is 4.98 Å². The molecule has 4 aromatic heterocycles. The van der Waals surface area contributed by atoms with E-state index in [0.29, 0.717) is 0 Å². The molecule has 1 N–H and O–H groups in total. The molecule has 152 valence electrons. The number of aromatic nitrogens is 4. The number of unbranched alkanes of at least 4 members (excludes halogenated alkanes) is 4. The molecule has 0 radical (unpaired) electrons. The van der Waals surface area contributed by atoms with Crippen molar-refractivity contribution < 1.29 is 0 Å². The zero-order valence-corrected chi connectivity index (χ0v) is 18.1. The molecule has 0 aromatic carbocycles. The molecule has 0 fully saturated rings. The largest absolute Gasteiger partial charge is 0.346 e. The molecule has 0 atom stereocenters. The Kier molecular flexibility index (Phi) is 6.86. The topological polar surface area (TPSA) is 46.0 Å². The van der Waals surface area contributed by atoms with Crippen LogP contribution in [-0.4, -0.2) is 19.6 Å². The first-order chi connectivity index (χ1) is 14.0. The molecule has 29 heavy (non-hydrogen) atoms. The van der Waals surface area contributed by atoms with E-state index in [9.17, 15) is 0 Å². The normalized spacial score (nSPS) is 10.9. The minimum atomic E-state index is 0.911. The fourth-order valence-electron chi connectivity index (χ4n) is 3.50. The average Bonchev–Trinajstić information content (AvgIpc) is 3.32. The first kappa shape index (κ1) is 20.8. The smallest absolute Gasteiger partial charge is 0.137 e. The molecule has 4 heteroatoms. The third kappa shape index (κ3) is 4.76. The average molecular weight is 389 g/mol. The maximum atomic E-state index is 4.44. The summed E-state index contributed by atoms with van der Waals surface area (Å²) in [6.45, 7) is 12.6. The number of hydrogen-bond acceptors (Lipinski definition) is 2. The first-order valence-corrected chi connectivity index (χ1v) is 10.6. The number of fused-ring (bicyclic) bond motifs is 2. The number of aryl methyl sites for hydroxylation is 1. The molecular formula is C25H32N4. The number of aromatic amines is 1. The van der Waals surface area contributed by atoms with E-state index in [1.54, 1.807) is 0 Å². The maximum Gasteiger partial charge on any atom is 0.137 e. The van der Waals surface area contributed by atoms with Gasteiger partial charge in [-0.3, -0.25) is 0 Å². The van der Waals surface area contributed by atoms with Crippen molar-refractivity contribution in [2.24, 2.45) is 0 Å². The van der Waals surface area contributed by atoms with E-state index in [0.717, 1.165) is 44.4 Å². The van der Waals surface area contributed by atoms with Crippen molar-refractivity contribution in [2.75, 3.05) is 0 Å². The molecular weight excluding hydrogens is 356 g/mol. The molecule has 0 aliphatic rings. The van der Waals surface area contributed by atoms with Crippen LogP contribution in [0.15, 0.2) is 49.6 Å². The van der Waals surface area contributed by atoms with Gasteiger partial charge in [-0.1, -0.05) is 52.5 Å². The summed E-state index contributed by atoms with van der Waals surface area (Å²) in [6.07, 6.45) is 14.7. The fraction of sp³-hybridized carbons (Fsp3) is 0.360. The van der Waals surface area contributed by atoms with Gasteiger partial charge in [-0.2, -0.15) is 5.10 Å². The number of rotatable bonds is 6. The first-order valence-electron chi connectivity index (χ1n) is 10.6. The van der Waals surface area contributed by atoms with Crippen LogP contribution in [0.5, 0.6) is 0 Å². The van der Waals surface area contributed by atoms with Crippen LogP contribution < -0.4 is 0 Å². The number of allylic oxidation sites excluding steroid dienone is 1. The molecule has 0 spiro atoms. The van der Waals surface area contributed by atoms with Gasteiger partial charge in [0, 0.05) is 35.1 Å². The van der Waals surface area contributed by atoms with Crippen molar-refractivity contribution in [3.8, 4) is 11.1 Å². The van der Waals surface area contributed by atoms with E-state index in [1.165, 1.54) is 32.1 Å². The minimum absolute atomic E-state index is 0.911. The van der Waals surface area contributed by atoms with E-state index in [4.69, 9.17) is 0 Å². The molecule has 0 saturated heterocycles. The zero-order chi connectivity index (χ0) is 20.8. The maximum absolute atomic E-state index is 4.44. The molecule has 4 nitrogen and oxygen atoms in total. The lowest BCUT2D eigenvalue weighted by molar-refractivity contribution is 0.656. The summed E-state index contributed by atoms with van der Waals surface area (Å²) in [5.74, 6) is 0. The summed E-state index contributed by atoms with van der Waals surface area (Å²) in [5, 5.41) is 5.51. The highest BCUT2D eigenvalue weighted by atomic mass is 15.2. The Morgan fingerprint density at radius 2 is 1.86 bits per heavy atom. The van der Waals surface area contributed by atoms with Crippen molar-refractivity contribution in [3.63, 3.8) is 0 Å². The van der Waals surface area contributed by atoms with Gasteiger partial charge in [0.1, 0.15) is 5.65 Å². The minimum Gasteiger partial charge on any atom is -0.346 e. The zero-order valence-electron chi connectivity index (χ0n) is 18.1. The van der Waals surface area contributed by atoms with Crippen LogP contribution in [0.4, 0.5) is 0 Å². The van der Waals surface area contributed by atoms with Crippen molar-refractivity contribution >= 4 is 22.1 Å². The summed E-state index contributed by atoms with van der Waals surface area (Å²) in [6, 6.07) is 6.39. The Balaban J connectivity index is 0.000000298. The number of hydrogen-bond donors (Lipinski definition) is 1. The summed E-state index contributed by atoms with van der Waals surface area (Å²) >= 11 is 0. The van der Waals surface area contributed by atoms with E-state index in [2.05, 4.69) is 60.6 Å². The molecule has 4 aromatic rings. The van der Waals surface area contributed by atoms with Crippen LogP contribution in [0.25, 0.3) is 33.3 Å². The molecule has 0 amide bonds. The molecule has 0 saturated carbocycles. The fourth-order valence-corrected chi connectivity index (χ4v) is 3.50. The second kappa shape index (κ2) is 9.55. The van der Waals surface area contributed by atoms with E-state index in [1.807, 2.05) is 36.2 Å². The molecule has 0 aliphatic carbocycles. The van der Waals surface area contributed by atoms with Gasteiger partial charge in [-0.05, 0) is 48.7 Å². The van der Waals surface area contributed by atoms with Crippen molar-refractivity contribution in [1.29, 1.82) is 0 Å². The Morgan fingerprint density at radius 3 is 2.55 bits per heavy atom. The quantitative estimate of drug-likeness (QED) is 0.355. The molecule has 0 unspecified atom stereocenters. The predicted octanol–water partition coefficient (Wildman–Crippen LogP) is 7.20. The predicted molar refractivity (Wildman–Crippen MR) is 124 cm³/mol. The van der Waals surface area contributed by atoms with Gasteiger partial charge >= 0.3 is 0 Å². The summed E-state index contributed by atoms with van der Waals surface area (Å²) in [5.41, 5.74) is 7.53. The Hall–Kier alpha value is -2.88. The Bertz CT molecular complexity index is 1100. The van der Waals surface area contributed by atoms with Crippen LogP contribution in [0.3, 0.4) is 0 Å². The third-order valence-corrected chi connectivity index (χ3v) is 5.17. The number of H-pyrrole nitrogens is 1. The number of nitrogens with one attached hydrogen (secondary N) is 1. The van der Waals surface area contributed by atoms with Crippen molar-refractivity contribution in [3.05, 3.63) is 60.7 Å². The van der Waals surface area contributed by atoms with Crippen LogP contribution in [-0.2, 0) is 0 Å². The monoisotopic (exact) mass is 388 g/mol. The van der Waals surface area contributed by atoms with Crippen LogP contribution in [0.1, 0.15) is 64.0 Å². The highest BCUT2D eigenvalue weighted by Crippen LogP contribution is 2.30. The van der Waals surface area contributed by atoms with E-state index in [-0.39, 0.29) is 0 Å². The standard InChI is InChI=1S/C18H16N4.C7H16/c1-11(2)15-10-21-22-5-4-13(7-17(15)22)16-9-20-18-14(16)6-12(3)8-19-18;1-3-5-7-6-4-2/h4-10H,1H2,2-3H3,(H,19,20);3-7H2,1-2H3. The molecule has 0 aliphatic heterocycles. The van der Waals surface area contributed by atoms with Crippen LogP contribution in [0.2, 0.25) is 0 Å². The molecule has 0 bridgehead atoms. The lowest BCUT2D eigenvalue weighted by Crippen LogP contribution is -1.88. The van der Waals surface area contributed by atoms with Crippen LogP contribution >= 0.6 is 0 Å². The van der Waals surface area contributed by atoms with Gasteiger partial charge in [0.25, 0.3) is 0 Å². The van der Waals surface area contributed by atoms with Crippen molar-refractivity contribution in [2.45, 2.75) is 59.8 Å². The summed E-state index contributed by atoms with van der Waals surface area (Å²) in [7, 11) is 0. The molecule has 4 heterocycles. The van der Waals surface area contributed by atoms with Gasteiger partial charge in [0.05, 0.1) is 11.7 Å². The van der Waals surface area contributed by atoms with Crippen LogP contribution in [0, 0.1) is 6.92 Å². The third-order valence-electron chi connectivity index (χ3n) is 5.17. The van der Waals surface area contributed by atoms with Gasteiger partial charge in [0.2, 0.25) is 0 Å². The van der Waals surface area contributed by atoms with Gasteiger partial charge in [-0.25, -0.2) is 9.50 Å². The number of pyridine rings is 2. The Morgan fingerprint density at radius 1 is 1.10 bits per heavy atom. The lowest BCUT2D eigenvalue weighted by atomic mass is 10.0. The number of nitrogens with zero attached hydrogens (tertiary/aromatic N) is 3. The summed E-state index contributed by atoms with van der Waals surface area (Å²) < 4.78 is 1.88. The van der Waals surface area contributed by atoms with Gasteiger partial charge in [0.15, 0.2) is 0 Å². The highest BCUT2D eigenvalue weighted by Gasteiger charge is 2.10. The van der Waals surface area contributed by atoms with E-state index >= 15 is 0 Å². The SMILES string of the molecule is C=C(C)c1cnn2ccc(-c3c[nH]c4ncc(C)cc34)cc12.CCCCCCC. The Labute approximate surface area is 173 Å². The molecule has 4 rings (SSSR count).